The number of methoxy groups -OCH3 is 1. The fraction of sp³-hybridized carbons (Fsp3) is 0.500. The summed E-state index contributed by atoms with van der Waals surface area (Å²) in [6, 6.07) is 4.35. The maximum Gasteiger partial charge on any atom is 0.125 e. The van der Waals surface area contributed by atoms with Gasteiger partial charge in [-0.2, -0.15) is 0 Å². The Morgan fingerprint density at radius 3 is 2.67 bits per heavy atom. The van der Waals surface area contributed by atoms with Crippen LogP contribution >= 0.6 is 15.9 Å². The van der Waals surface area contributed by atoms with Crippen LogP contribution in [0.2, 0.25) is 0 Å². The summed E-state index contributed by atoms with van der Waals surface area (Å²) >= 11 is 3.35. The lowest BCUT2D eigenvalue weighted by molar-refractivity contribution is 0.406. The smallest absolute Gasteiger partial charge is 0.125 e. The molecule has 0 bridgehead atoms. The van der Waals surface area contributed by atoms with E-state index in [0.717, 1.165) is 24.2 Å². The van der Waals surface area contributed by atoms with E-state index in [1.165, 1.54) is 16.7 Å². The second kappa shape index (κ2) is 6.13. The van der Waals surface area contributed by atoms with E-state index in [4.69, 9.17) is 4.74 Å². The predicted octanol–water partition coefficient (Wildman–Crippen LogP) is 2.80. The Labute approximate surface area is 100 Å². The minimum absolute atomic E-state index is 0.833. The number of alkyl halides is 1. The summed E-state index contributed by atoms with van der Waals surface area (Å²) in [5, 5.41) is 3.25. The lowest BCUT2D eigenvalue weighted by Crippen LogP contribution is -2.15. The van der Waals surface area contributed by atoms with Crippen LogP contribution in [0.25, 0.3) is 0 Å². The fourth-order valence-corrected chi connectivity index (χ4v) is 2.09. The van der Waals surface area contributed by atoms with Gasteiger partial charge in [0, 0.05) is 6.54 Å². The first-order chi connectivity index (χ1) is 7.19. The molecule has 0 amide bonds. The molecule has 1 rings (SSSR count). The number of hydrogen-bond acceptors (Lipinski definition) is 2. The minimum atomic E-state index is 0.833. The van der Waals surface area contributed by atoms with Gasteiger partial charge in [0.05, 0.1) is 12.6 Å². The van der Waals surface area contributed by atoms with E-state index in [0.29, 0.717) is 0 Å². The van der Waals surface area contributed by atoms with E-state index in [1.807, 2.05) is 0 Å². The Balaban J connectivity index is 2.84. The first kappa shape index (κ1) is 12.5. The van der Waals surface area contributed by atoms with Crippen molar-refractivity contribution in [2.45, 2.75) is 20.3 Å². The molecule has 0 atom stereocenters. The molecule has 3 heteroatoms. The zero-order valence-corrected chi connectivity index (χ0v) is 11.1. The maximum atomic E-state index is 5.42. The molecule has 0 saturated carbocycles. The zero-order valence-electron chi connectivity index (χ0n) is 9.56. The molecule has 0 saturated heterocycles. The molecule has 0 aromatic heterocycles. The average molecular weight is 272 g/mol. The maximum absolute atomic E-state index is 5.42. The molecule has 1 aromatic rings. The highest BCUT2D eigenvalue weighted by Gasteiger charge is 2.06. The molecule has 0 aliphatic rings. The molecule has 1 aromatic carbocycles. The number of nitrogens with one attached hydrogen (secondary N) is 1. The van der Waals surface area contributed by atoms with Crippen molar-refractivity contribution >= 4 is 15.9 Å². The van der Waals surface area contributed by atoms with Crippen LogP contribution in [-0.4, -0.2) is 19.1 Å². The first-order valence-electron chi connectivity index (χ1n) is 5.09. The van der Waals surface area contributed by atoms with Crippen molar-refractivity contribution in [2.75, 3.05) is 19.1 Å². The zero-order chi connectivity index (χ0) is 11.3. The van der Waals surface area contributed by atoms with Crippen LogP contribution in [0.5, 0.6) is 5.75 Å². The summed E-state index contributed by atoms with van der Waals surface area (Å²) in [4.78, 5) is 0. The van der Waals surface area contributed by atoms with Gasteiger partial charge in [-0.3, -0.25) is 0 Å². The fourth-order valence-electron chi connectivity index (χ4n) is 1.81. The van der Waals surface area contributed by atoms with Gasteiger partial charge >= 0.3 is 0 Å². The first-order valence-corrected chi connectivity index (χ1v) is 6.22. The van der Waals surface area contributed by atoms with Gasteiger partial charge in [0.2, 0.25) is 0 Å². The number of rotatable bonds is 5. The molecule has 0 fully saturated rings. The van der Waals surface area contributed by atoms with Crippen molar-refractivity contribution in [2.24, 2.45) is 0 Å². The van der Waals surface area contributed by atoms with Crippen LogP contribution in [0.4, 0.5) is 0 Å². The number of aryl methyl sites for hydroxylation is 2. The van der Waals surface area contributed by atoms with Gasteiger partial charge < -0.3 is 10.1 Å². The highest BCUT2D eigenvalue weighted by Crippen LogP contribution is 2.25. The molecule has 0 aliphatic heterocycles. The Kier molecular flexibility index (Phi) is 5.12. The lowest BCUT2D eigenvalue weighted by Gasteiger charge is -2.12. The highest BCUT2D eigenvalue weighted by atomic mass is 79.9. The van der Waals surface area contributed by atoms with Crippen LogP contribution in [0.1, 0.15) is 16.7 Å². The van der Waals surface area contributed by atoms with E-state index in [9.17, 15) is 0 Å². The molecule has 0 heterocycles. The normalized spacial score (nSPS) is 10.4. The molecular weight excluding hydrogens is 254 g/mol. The summed E-state index contributed by atoms with van der Waals surface area (Å²) in [6.45, 7) is 5.17. The van der Waals surface area contributed by atoms with Crippen LogP contribution in [-0.2, 0) is 6.42 Å². The van der Waals surface area contributed by atoms with Gasteiger partial charge in [0.1, 0.15) is 5.75 Å². The minimum Gasteiger partial charge on any atom is -0.496 e. The Morgan fingerprint density at radius 2 is 2.07 bits per heavy atom. The predicted molar refractivity (Wildman–Crippen MR) is 68.0 cm³/mol. The number of hydrogen-bond donors (Lipinski definition) is 1. The van der Waals surface area contributed by atoms with Gasteiger partial charge in [-0.1, -0.05) is 33.6 Å². The van der Waals surface area contributed by atoms with Crippen LogP contribution < -0.4 is 10.1 Å². The van der Waals surface area contributed by atoms with Crippen LogP contribution in [0.15, 0.2) is 12.1 Å². The molecule has 0 unspecified atom stereocenters. The van der Waals surface area contributed by atoms with Crippen molar-refractivity contribution < 1.29 is 4.74 Å². The van der Waals surface area contributed by atoms with Gasteiger partial charge in [-0.25, -0.2) is 0 Å². The van der Waals surface area contributed by atoms with E-state index in [1.54, 1.807) is 7.11 Å². The SMILES string of the molecule is COc1c(C)cc(C)cc1CCNCBr. The molecule has 84 valence electrons. The number of halogens is 1. The molecule has 2 nitrogen and oxygen atoms in total. The van der Waals surface area contributed by atoms with E-state index < -0.39 is 0 Å². The summed E-state index contributed by atoms with van der Waals surface area (Å²) in [7, 11) is 1.74. The Morgan fingerprint density at radius 1 is 1.33 bits per heavy atom. The van der Waals surface area contributed by atoms with Crippen LogP contribution in [0.3, 0.4) is 0 Å². The van der Waals surface area contributed by atoms with Crippen molar-refractivity contribution in [3.05, 3.63) is 28.8 Å². The van der Waals surface area contributed by atoms with Gasteiger partial charge in [0.25, 0.3) is 0 Å². The van der Waals surface area contributed by atoms with Gasteiger partial charge in [-0.05, 0) is 31.4 Å². The molecule has 0 radical (unpaired) electrons. The van der Waals surface area contributed by atoms with Gasteiger partial charge in [-0.15, -0.1) is 0 Å². The Bertz CT molecular complexity index is 326. The molecule has 0 aliphatic carbocycles. The summed E-state index contributed by atoms with van der Waals surface area (Å²) in [5.74, 6) is 1.02. The highest BCUT2D eigenvalue weighted by molar-refractivity contribution is 9.09. The standard InChI is InChI=1S/C12H18BrNO/c1-9-6-10(2)12(15-3)11(7-9)4-5-14-8-13/h6-7,14H,4-5,8H2,1-3H3. The third kappa shape index (κ3) is 3.50. The number of ether oxygens (including phenoxy) is 1. The topological polar surface area (TPSA) is 21.3 Å². The lowest BCUT2D eigenvalue weighted by atomic mass is 10.0. The molecule has 15 heavy (non-hydrogen) atoms. The summed E-state index contributed by atoms with van der Waals surface area (Å²) in [6.07, 6.45) is 0.997. The van der Waals surface area contributed by atoms with Gasteiger partial charge in [0.15, 0.2) is 0 Å². The number of benzene rings is 1. The van der Waals surface area contributed by atoms with Crippen molar-refractivity contribution in [3.8, 4) is 5.75 Å². The van der Waals surface area contributed by atoms with Crippen LogP contribution in [0, 0.1) is 13.8 Å². The molecule has 1 N–H and O–H groups in total. The molecule has 0 spiro atoms. The third-order valence-corrected chi connectivity index (χ3v) is 2.76. The summed E-state index contributed by atoms with van der Waals surface area (Å²) in [5.41, 5.74) is 4.62. The second-order valence-electron chi connectivity index (χ2n) is 3.66. The quantitative estimate of drug-likeness (QED) is 0.505. The molecular formula is C12H18BrNO. The Hall–Kier alpha value is -0.540. The largest absolute Gasteiger partial charge is 0.496 e. The third-order valence-electron chi connectivity index (χ3n) is 2.37. The summed E-state index contributed by atoms with van der Waals surface area (Å²) < 4.78 is 5.42. The van der Waals surface area contributed by atoms with Crippen molar-refractivity contribution in [1.82, 2.24) is 5.32 Å². The van der Waals surface area contributed by atoms with E-state index >= 15 is 0 Å². The monoisotopic (exact) mass is 271 g/mol. The second-order valence-corrected chi connectivity index (χ2v) is 4.22. The van der Waals surface area contributed by atoms with E-state index in [-0.39, 0.29) is 0 Å². The van der Waals surface area contributed by atoms with E-state index in [2.05, 4.69) is 47.2 Å². The van der Waals surface area contributed by atoms with Crippen molar-refractivity contribution in [3.63, 3.8) is 0 Å². The van der Waals surface area contributed by atoms with Crippen molar-refractivity contribution in [1.29, 1.82) is 0 Å². The average Bonchev–Trinajstić information content (AvgIpc) is 2.17.